The summed E-state index contributed by atoms with van der Waals surface area (Å²) in [5.41, 5.74) is 0.215. The fourth-order valence-electron chi connectivity index (χ4n) is 2.36. The Bertz CT molecular complexity index is 639. The van der Waals surface area contributed by atoms with E-state index in [9.17, 15) is 13.2 Å². The third-order valence-corrected chi connectivity index (χ3v) is 5.43. The number of carbonyl (C=O) groups is 1. The molecule has 2 N–H and O–H groups in total. The Balaban J connectivity index is 2.38. The van der Waals surface area contributed by atoms with Crippen molar-refractivity contribution < 1.29 is 23.1 Å². The SMILES string of the molecule is COc1ccc(C(=O)NCCO)cc1S(=O)(=O)N1CCCC1. The molecule has 0 saturated carbocycles. The summed E-state index contributed by atoms with van der Waals surface area (Å²) in [6.45, 7) is 0.888. The molecule has 1 aliphatic heterocycles. The third-order valence-electron chi connectivity index (χ3n) is 3.51. The number of amides is 1. The number of rotatable bonds is 6. The molecule has 1 fully saturated rings. The Hall–Kier alpha value is -1.64. The molecule has 2 rings (SSSR count). The van der Waals surface area contributed by atoms with Crippen LogP contribution in [-0.4, -0.2) is 57.1 Å². The average Bonchev–Trinajstić information content (AvgIpc) is 3.07. The van der Waals surface area contributed by atoms with Gasteiger partial charge in [0.25, 0.3) is 5.91 Å². The average molecular weight is 328 g/mol. The minimum absolute atomic E-state index is 0.00597. The van der Waals surface area contributed by atoms with Crippen molar-refractivity contribution in [3.63, 3.8) is 0 Å². The molecule has 0 unspecified atom stereocenters. The van der Waals surface area contributed by atoms with Crippen molar-refractivity contribution in [2.45, 2.75) is 17.7 Å². The first-order valence-corrected chi connectivity index (χ1v) is 8.52. The maximum absolute atomic E-state index is 12.7. The summed E-state index contributed by atoms with van der Waals surface area (Å²) in [7, 11) is -2.29. The second-order valence-electron chi connectivity index (χ2n) is 4.96. The lowest BCUT2D eigenvalue weighted by Crippen LogP contribution is -2.29. The molecule has 0 spiro atoms. The van der Waals surface area contributed by atoms with Crippen LogP contribution in [0, 0.1) is 0 Å². The minimum Gasteiger partial charge on any atom is -0.495 e. The van der Waals surface area contributed by atoms with E-state index < -0.39 is 15.9 Å². The number of sulfonamides is 1. The van der Waals surface area contributed by atoms with Gasteiger partial charge in [0.05, 0.1) is 13.7 Å². The lowest BCUT2D eigenvalue weighted by Gasteiger charge is -2.18. The molecule has 1 amide bonds. The topological polar surface area (TPSA) is 95.9 Å². The summed E-state index contributed by atoms with van der Waals surface area (Å²) in [5.74, 6) is -0.222. The number of nitrogens with one attached hydrogen (secondary N) is 1. The predicted octanol–water partition coefficient (Wildman–Crippen LogP) is 0.202. The quantitative estimate of drug-likeness (QED) is 0.778. The third kappa shape index (κ3) is 3.40. The van der Waals surface area contributed by atoms with Gasteiger partial charge in [-0.05, 0) is 31.0 Å². The predicted molar refractivity (Wildman–Crippen MR) is 80.4 cm³/mol. The number of ether oxygens (including phenoxy) is 1. The summed E-state index contributed by atoms with van der Waals surface area (Å²) < 4.78 is 31.9. The highest BCUT2D eigenvalue weighted by Crippen LogP contribution is 2.29. The molecule has 0 radical (unpaired) electrons. The fraction of sp³-hybridized carbons (Fsp3) is 0.500. The molecular weight excluding hydrogens is 308 g/mol. The molecule has 1 saturated heterocycles. The first kappa shape index (κ1) is 16.7. The molecule has 1 aliphatic rings. The number of aliphatic hydroxyl groups is 1. The molecule has 22 heavy (non-hydrogen) atoms. The highest BCUT2D eigenvalue weighted by atomic mass is 32.2. The van der Waals surface area contributed by atoms with Gasteiger partial charge >= 0.3 is 0 Å². The molecule has 7 nitrogen and oxygen atoms in total. The van der Waals surface area contributed by atoms with Crippen molar-refractivity contribution in [1.82, 2.24) is 9.62 Å². The van der Waals surface area contributed by atoms with E-state index in [1.807, 2.05) is 0 Å². The fourth-order valence-corrected chi connectivity index (χ4v) is 4.06. The van der Waals surface area contributed by atoms with Gasteiger partial charge in [-0.25, -0.2) is 8.42 Å². The Kier molecular flexibility index (Phi) is 5.38. The molecule has 1 aromatic rings. The van der Waals surface area contributed by atoms with Gasteiger partial charge in [-0.15, -0.1) is 0 Å². The molecular formula is C14H20N2O5S. The maximum Gasteiger partial charge on any atom is 0.251 e. The lowest BCUT2D eigenvalue weighted by atomic mass is 10.2. The second kappa shape index (κ2) is 7.08. The van der Waals surface area contributed by atoms with E-state index >= 15 is 0 Å². The molecule has 0 bridgehead atoms. The molecule has 0 atom stereocenters. The number of aliphatic hydroxyl groups excluding tert-OH is 1. The number of carbonyl (C=O) groups excluding carboxylic acids is 1. The van der Waals surface area contributed by atoms with E-state index in [1.165, 1.54) is 29.6 Å². The van der Waals surface area contributed by atoms with E-state index in [-0.39, 0.29) is 29.4 Å². The van der Waals surface area contributed by atoms with Gasteiger partial charge in [0.15, 0.2) is 0 Å². The molecule has 0 aromatic heterocycles. The normalized spacial score (nSPS) is 15.7. The van der Waals surface area contributed by atoms with Crippen LogP contribution in [0.2, 0.25) is 0 Å². The van der Waals surface area contributed by atoms with Crippen LogP contribution in [0.3, 0.4) is 0 Å². The highest BCUT2D eigenvalue weighted by Gasteiger charge is 2.30. The molecule has 8 heteroatoms. The first-order chi connectivity index (χ1) is 10.5. The summed E-state index contributed by atoms with van der Waals surface area (Å²) in [4.78, 5) is 11.9. The van der Waals surface area contributed by atoms with Crippen LogP contribution in [-0.2, 0) is 10.0 Å². The number of hydrogen-bond donors (Lipinski definition) is 2. The van der Waals surface area contributed by atoms with Gasteiger partial charge in [0.2, 0.25) is 10.0 Å². The van der Waals surface area contributed by atoms with Gasteiger partial charge in [-0.1, -0.05) is 0 Å². The van der Waals surface area contributed by atoms with Gasteiger partial charge in [-0.3, -0.25) is 4.79 Å². The van der Waals surface area contributed by atoms with Crippen molar-refractivity contribution in [1.29, 1.82) is 0 Å². The summed E-state index contributed by atoms with van der Waals surface area (Å²) in [6, 6.07) is 4.28. The van der Waals surface area contributed by atoms with Crippen molar-refractivity contribution >= 4 is 15.9 Å². The molecule has 1 heterocycles. The van der Waals surface area contributed by atoms with Crippen LogP contribution in [0.1, 0.15) is 23.2 Å². The minimum atomic E-state index is -3.68. The van der Waals surface area contributed by atoms with E-state index in [0.29, 0.717) is 13.1 Å². The monoisotopic (exact) mass is 328 g/mol. The highest BCUT2D eigenvalue weighted by molar-refractivity contribution is 7.89. The Morgan fingerprint density at radius 2 is 2.05 bits per heavy atom. The number of nitrogens with zero attached hydrogens (tertiary/aromatic N) is 1. The van der Waals surface area contributed by atoms with Crippen LogP contribution < -0.4 is 10.1 Å². The maximum atomic E-state index is 12.7. The Labute approximate surface area is 129 Å². The van der Waals surface area contributed by atoms with Crippen LogP contribution >= 0.6 is 0 Å². The van der Waals surface area contributed by atoms with Gasteiger partial charge < -0.3 is 15.2 Å². The van der Waals surface area contributed by atoms with Crippen molar-refractivity contribution in [2.75, 3.05) is 33.4 Å². The zero-order valence-electron chi connectivity index (χ0n) is 12.4. The van der Waals surface area contributed by atoms with Gasteiger partial charge in [-0.2, -0.15) is 4.31 Å². The van der Waals surface area contributed by atoms with Crippen LogP contribution in [0.25, 0.3) is 0 Å². The van der Waals surface area contributed by atoms with Crippen molar-refractivity contribution in [3.05, 3.63) is 23.8 Å². The van der Waals surface area contributed by atoms with Crippen LogP contribution in [0.15, 0.2) is 23.1 Å². The summed E-state index contributed by atoms with van der Waals surface area (Å²) in [6.07, 6.45) is 1.66. The standard InChI is InChI=1S/C14H20N2O5S/c1-21-12-5-4-11(14(18)15-6-9-17)10-13(12)22(19,20)16-7-2-3-8-16/h4-5,10,17H,2-3,6-9H2,1H3,(H,15,18). The molecule has 122 valence electrons. The van der Waals surface area contributed by atoms with E-state index in [4.69, 9.17) is 9.84 Å². The molecule has 1 aromatic carbocycles. The zero-order chi connectivity index (χ0) is 16.2. The molecule has 0 aliphatic carbocycles. The largest absolute Gasteiger partial charge is 0.495 e. The number of methoxy groups -OCH3 is 1. The summed E-state index contributed by atoms with van der Waals surface area (Å²) in [5, 5.41) is 11.2. The first-order valence-electron chi connectivity index (χ1n) is 7.08. The number of hydrogen-bond acceptors (Lipinski definition) is 5. The number of benzene rings is 1. The lowest BCUT2D eigenvalue weighted by molar-refractivity contribution is 0.0944. The smallest absolute Gasteiger partial charge is 0.251 e. The Morgan fingerprint density at radius 1 is 1.36 bits per heavy atom. The van der Waals surface area contributed by atoms with E-state index in [0.717, 1.165) is 12.8 Å². The van der Waals surface area contributed by atoms with Crippen LogP contribution in [0.4, 0.5) is 0 Å². The van der Waals surface area contributed by atoms with Gasteiger partial charge in [0, 0.05) is 25.2 Å². The van der Waals surface area contributed by atoms with E-state index in [1.54, 1.807) is 0 Å². The summed E-state index contributed by atoms with van der Waals surface area (Å²) >= 11 is 0. The van der Waals surface area contributed by atoms with Crippen molar-refractivity contribution in [3.8, 4) is 5.75 Å². The van der Waals surface area contributed by atoms with Crippen molar-refractivity contribution in [2.24, 2.45) is 0 Å². The van der Waals surface area contributed by atoms with E-state index in [2.05, 4.69) is 5.32 Å². The van der Waals surface area contributed by atoms with Gasteiger partial charge in [0.1, 0.15) is 10.6 Å². The Morgan fingerprint density at radius 3 is 2.64 bits per heavy atom. The van der Waals surface area contributed by atoms with Crippen LogP contribution in [0.5, 0.6) is 5.75 Å². The zero-order valence-corrected chi connectivity index (χ0v) is 13.2. The second-order valence-corrected chi connectivity index (χ2v) is 6.86.